The molecule has 1 N–H and O–H groups in total. The Bertz CT molecular complexity index is 1430. The Morgan fingerprint density at radius 2 is 1.76 bits per heavy atom. The number of H-pyrrole nitrogens is 1. The van der Waals surface area contributed by atoms with Crippen molar-refractivity contribution in [2.24, 2.45) is 0 Å². The van der Waals surface area contributed by atoms with Crippen molar-refractivity contribution in [2.75, 3.05) is 13.7 Å². The zero-order valence-electron chi connectivity index (χ0n) is 18.8. The first-order valence-electron chi connectivity index (χ1n) is 10.4. The van der Waals surface area contributed by atoms with Crippen LogP contribution < -0.4 is 10.2 Å². The smallest absolute Gasteiger partial charge is 0.339 e. The van der Waals surface area contributed by atoms with E-state index in [4.69, 9.17) is 13.9 Å². The highest BCUT2D eigenvalue weighted by Gasteiger charge is 2.23. The van der Waals surface area contributed by atoms with Crippen molar-refractivity contribution in [3.8, 4) is 16.9 Å². The molecule has 0 unspecified atom stereocenters. The number of rotatable bonds is 6. The van der Waals surface area contributed by atoms with Gasteiger partial charge >= 0.3 is 5.97 Å². The van der Waals surface area contributed by atoms with Crippen LogP contribution in [0.5, 0.6) is 5.75 Å². The van der Waals surface area contributed by atoms with Gasteiger partial charge in [-0.2, -0.15) is 0 Å². The van der Waals surface area contributed by atoms with Crippen molar-refractivity contribution < 1.29 is 23.5 Å². The molecule has 2 aromatic heterocycles. The lowest BCUT2D eigenvalue weighted by molar-refractivity contribution is 0.0599. The van der Waals surface area contributed by atoms with Crippen LogP contribution in [-0.2, 0) is 4.74 Å². The van der Waals surface area contributed by atoms with Gasteiger partial charge in [-0.05, 0) is 44.0 Å². The van der Waals surface area contributed by atoms with Crippen LogP contribution in [0.4, 0.5) is 0 Å². The maximum atomic E-state index is 13.1. The fraction of sp³-hybridized carbons (Fsp3) is 0.192. The van der Waals surface area contributed by atoms with Crippen molar-refractivity contribution in [3.05, 3.63) is 87.0 Å². The minimum Gasteiger partial charge on any atom is -0.485 e. The van der Waals surface area contributed by atoms with Crippen LogP contribution in [-0.4, -0.2) is 30.5 Å². The molecule has 7 heteroatoms. The van der Waals surface area contributed by atoms with Gasteiger partial charge in [0, 0.05) is 11.8 Å². The van der Waals surface area contributed by atoms with Crippen LogP contribution in [0.2, 0.25) is 0 Å². The predicted molar refractivity (Wildman–Crippen MR) is 124 cm³/mol. The zero-order valence-corrected chi connectivity index (χ0v) is 18.8. The number of aromatic amines is 1. The second kappa shape index (κ2) is 8.78. The van der Waals surface area contributed by atoms with E-state index in [9.17, 15) is 14.4 Å². The van der Waals surface area contributed by atoms with Crippen LogP contribution in [0.15, 0.2) is 57.7 Å². The van der Waals surface area contributed by atoms with E-state index in [1.54, 1.807) is 39.0 Å². The number of methoxy groups -OCH3 is 1. The molecule has 0 aliphatic heterocycles. The number of aromatic nitrogens is 1. The standard InChI is InChI=1S/C26H23NO6/c1-14-22(26(30)31-4)15(2)27-24(14)20(28)13-32-18-10-11-19-21(12-18)33-16(3)23(25(19)29)17-8-6-5-7-9-17/h5-12,27H,13H2,1-4H3. The summed E-state index contributed by atoms with van der Waals surface area (Å²) in [6, 6.07) is 14.2. The Balaban J connectivity index is 1.59. The molecule has 0 saturated heterocycles. The lowest BCUT2D eigenvalue weighted by Crippen LogP contribution is -2.14. The monoisotopic (exact) mass is 445 g/mol. The fourth-order valence-corrected chi connectivity index (χ4v) is 3.97. The third kappa shape index (κ3) is 4.05. The number of ether oxygens (including phenoxy) is 2. The number of fused-ring (bicyclic) bond motifs is 1. The molecule has 168 valence electrons. The molecule has 0 bridgehead atoms. The molecule has 0 fully saturated rings. The fourth-order valence-electron chi connectivity index (χ4n) is 3.97. The maximum absolute atomic E-state index is 13.1. The second-order valence-corrected chi connectivity index (χ2v) is 7.71. The summed E-state index contributed by atoms with van der Waals surface area (Å²) < 4.78 is 16.4. The first kappa shape index (κ1) is 22.1. The highest BCUT2D eigenvalue weighted by Crippen LogP contribution is 2.26. The molecular weight excluding hydrogens is 422 g/mol. The van der Waals surface area contributed by atoms with E-state index >= 15 is 0 Å². The summed E-state index contributed by atoms with van der Waals surface area (Å²) in [5.41, 5.74) is 3.27. The third-order valence-corrected chi connectivity index (χ3v) is 5.58. The molecule has 0 atom stereocenters. The average molecular weight is 445 g/mol. The van der Waals surface area contributed by atoms with E-state index in [2.05, 4.69) is 4.98 Å². The van der Waals surface area contributed by atoms with Gasteiger partial charge < -0.3 is 18.9 Å². The van der Waals surface area contributed by atoms with E-state index in [0.29, 0.717) is 50.6 Å². The first-order valence-corrected chi connectivity index (χ1v) is 10.4. The minimum atomic E-state index is -0.504. The molecule has 0 radical (unpaired) electrons. The quantitative estimate of drug-likeness (QED) is 0.339. The normalized spacial score (nSPS) is 10.9. The second-order valence-electron chi connectivity index (χ2n) is 7.71. The van der Waals surface area contributed by atoms with Crippen molar-refractivity contribution in [1.29, 1.82) is 0 Å². The Morgan fingerprint density at radius 1 is 1.03 bits per heavy atom. The average Bonchev–Trinajstić information content (AvgIpc) is 3.11. The summed E-state index contributed by atoms with van der Waals surface area (Å²) in [6.45, 7) is 4.88. The maximum Gasteiger partial charge on any atom is 0.339 e. The molecule has 4 aromatic rings. The van der Waals surface area contributed by atoms with E-state index in [1.165, 1.54) is 7.11 Å². The van der Waals surface area contributed by atoms with Crippen molar-refractivity contribution >= 4 is 22.7 Å². The lowest BCUT2D eigenvalue weighted by Gasteiger charge is -2.09. The van der Waals surface area contributed by atoms with E-state index in [1.807, 2.05) is 30.3 Å². The molecule has 0 aliphatic carbocycles. The van der Waals surface area contributed by atoms with Crippen LogP contribution in [0.1, 0.15) is 37.9 Å². The van der Waals surface area contributed by atoms with Gasteiger partial charge in [0.25, 0.3) is 0 Å². The van der Waals surface area contributed by atoms with Gasteiger partial charge in [-0.15, -0.1) is 0 Å². The van der Waals surface area contributed by atoms with E-state index in [-0.39, 0.29) is 17.8 Å². The number of esters is 1. The summed E-state index contributed by atoms with van der Waals surface area (Å²) in [6.07, 6.45) is 0. The van der Waals surface area contributed by atoms with Gasteiger partial charge in [0.15, 0.2) is 6.61 Å². The van der Waals surface area contributed by atoms with Crippen LogP contribution in [0.3, 0.4) is 0 Å². The topological polar surface area (TPSA) is 98.6 Å². The number of nitrogens with one attached hydrogen (secondary N) is 1. The number of carbonyl (C=O) groups excluding carboxylic acids is 2. The summed E-state index contributed by atoms with van der Waals surface area (Å²) in [7, 11) is 1.29. The molecule has 4 rings (SSSR count). The van der Waals surface area contributed by atoms with Gasteiger partial charge in [0.05, 0.1) is 29.3 Å². The van der Waals surface area contributed by atoms with Crippen molar-refractivity contribution in [3.63, 3.8) is 0 Å². The molecule has 0 aliphatic rings. The minimum absolute atomic E-state index is 0.129. The predicted octanol–water partition coefficient (Wildman–Crippen LogP) is 4.76. The van der Waals surface area contributed by atoms with Gasteiger partial charge in [-0.3, -0.25) is 9.59 Å². The largest absolute Gasteiger partial charge is 0.485 e. The number of Topliss-reactive ketones (excluding diaryl/α,β-unsaturated/α-hetero) is 1. The Kier molecular flexibility index (Phi) is 5.87. The van der Waals surface area contributed by atoms with Gasteiger partial charge in [0.2, 0.25) is 11.2 Å². The van der Waals surface area contributed by atoms with Gasteiger partial charge in [-0.25, -0.2) is 4.79 Å². The molecule has 0 spiro atoms. The van der Waals surface area contributed by atoms with E-state index in [0.717, 1.165) is 5.56 Å². The Hall–Kier alpha value is -4.13. The number of aryl methyl sites for hydroxylation is 2. The van der Waals surface area contributed by atoms with Gasteiger partial charge in [-0.1, -0.05) is 30.3 Å². The van der Waals surface area contributed by atoms with Crippen molar-refractivity contribution in [2.45, 2.75) is 20.8 Å². The first-order chi connectivity index (χ1) is 15.8. The highest BCUT2D eigenvalue weighted by atomic mass is 16.5. The molecule has 33 heavy (non-hydrogen) atoms. The number of ketones is 1. The lowest BCUT2D eigenvalue weighted by atomic mass is 10.0. The van der Waals surface area contributed by atoms with Crippen LogP contribution >= 0.6 is 0 Å². The zero-order chi connectivity index (χ0) is 23.7. The Labute approximate surface area is 190 Å². The van der Waals surface area contributed by atoms with Gasteiger partial charge in [0.1, 0.15) is 17.1 Å². The molecule has 0 amide bonds. The summed E-state index contributed by atoms with van der Waals surface area (Å²) >= 11 is 0. The third-order valence-electron chi connectivity index (χ3n) is 5.58. The number of carbonyl (C=O) groups is 2. The Morgan fingerprint density at radius 3 is 2.45 bits per heavy atom. The summed E-state index contributed by atoms with van der Waals surface area (Å²) in [5.74, 6) is 0.0682. The van der Waals surface area contributed by atoms with Crippen molar-refractivity contribution in [1.82, 2.24) is 4.98 Å². The SMILES string of the molecule is COC(=O)c1c(C)[nH]c(C(=O)COc2ccc3c(=O)c(-c4ccccc4)c(C)oc3c2)c1C. The highest BCUT2D eigenvalue weighted by molar-refractivity contribution is 6.02. The van der Waals surface area contributed by atoms with Crippen LogP contribution in [0, 0.1) is 20.8 Å². The number of hydrogen-bond donors (Lipinski definition) is 1. The molecular formula is C26H23NO6. The summed E-state index contributed by atoms with van der Waals surface area (Å²) in [4.78, 5) is 40.7. The summed E-state index contributed by atoms with van der Waals surface area (Å²) in [5, 5.41) is 0.427. The number of benzene rings is 2. The molecule has 2 heterocycles. The molecule has 7 nitrogen and oxygen atoms in total. The number of hydrogen-bond acceptors (Lipinski definition) is 6. The van der Waals surface area contributed by atoms with Crippen LogP contribution in [0.25, 0.3) is 22.1 Å². The molecule has 0 saturated carbocycles. The van der Waals surface area contributed by atoms with E-state index < -0.39 is 5.97 Å². The molecule has 2 aromatic carbocycles.